The number of aryl methyl sites for hydroxylation is 1. The van der Waals surface area contributed by atoms with Crippen LogP contribution in [0.1, 0.15) is 12.5 Å². The zero-order valence-electron chi connectivity index (χ0n) is 11.9. The molecule has 0 atom stereocenters. The van der Waals surface area contributed by atoms with Gasteiger partial charge in [-0.25, -0.2) is 12.8 Å². The van der Waals surface area contributed by atoms with E-state index >= 15 is 0 Å². The Hall–Kier alpha value is -2.08. The molecular formula is C15H17FN2O2S. The predicted octanol–water partition coefficient (Wildman–Crippen LogP) is 3.37. The summed E-state index contributed by atoms with van der Waals surface area (Å²) in [5.74, 6) is -0.400. The van der Waals surface area contributed by atoms with Crippen molar-refractivity contribution in [2.24, 2.45) is 0 Å². The maximum absolute atomic E-state index is 13.1. The third kappa shape index (κ3) is 3.52. The number of hydrogen-bond donors (Lipinski definition) is 2. The van der Waals surface area contributed by atoms with Gasteiger partial charge in [-0.15, -0.1) is 0 Å². The van der Waals surface area contributed by atoms with Gasteiger partial charge in [-0.3, -0.25) is 4.72 Å². The maximum atomic E-state index is 13.1. The molecule has 4 nitrogen and oxygen atoms in total. The first-order valence-electron chi connectivity index (χ1n) is 6.56. The van der Waals surface area contributed by atoms with E-state index in [2.05, 4.69) is 10.0 Å². The summed E-state index contributed by atoms with van der Waals surface area (Å²) >= 11 is 0. The lowest BCUT2D eigenvalue weighted by Crippen LogP contribution is -2.16. The van der Waals surface area contributed by atoms with Crippen molar-refractivity contribution < 1.29 is 12.8 Å². The van der Waals surface area contributed by atoms with Crippen LogP contribution in [0.15, 0.2) is 47.4 Å². The van der Waals surface area contributed by atoms with Gasteiger partial charge in [-0.2, -0.15) is 0 Å². The van der Waals surface area contributed by atoms with Crippen LogP contribution in [0.25, 0.3) is 0 Å². The third-order valence-electron chi connectivity index (χ3n) is 2.98. The van der Waals surface area contributed by atoms with Crippen LogP contribution >= 0.6 is 0 Å². The highest BCUT2D eigenvalue weighted by atomic mass is 32.2. The van der Waals surface area contributed by atoms with Gasteiger partial charge in [0.2, 0.25) is 0 Å². The first kappa shape index (κ1) is 15.3. The standard InChI is InChI=1S/C15H17FN2O2S/c1-3-17-14-6-4-5-7-15(14)21(19,20)18-13-9-8-12(16)10-11(13)2/h4-10,17-18H,3H2,1-2H3. The molecule has 6 heteroatoms. The van der Waals surface area contributed by atoms with Gasteiger partial charge in [-0.05, 0) is 49.7 Å². The lowest BCUT2D eigenvalue weighted by molar-refractivity contribution is 0.601. The number of nitrogens with one attached hydrogen (secondary N) is 2. The SMILES string of the molecule is CCNc1ccccc1S(=O)(=O)Nc1ccc(F)cc1C. The van der Waals surface area contributed by atoms with Crippen molar-refractivity contribution in [1.82, 2.24) is 0 Å². The van der Waals surface area contributed by atoms with E-state index in [1.54, 1.807) is 25.1 Å². The fourth-order valence-corrected chi connectivity index (χ4v) is 3.29. The van der Waals surface area contributed by atoms with Gasteiger partial charge in [0.15, 0.2) is 0 Å². The highest BCUT2D eigenvalue weighted by Gasteiger charge is 2.18. The van der Waals surface area contributed by atoms with E-state index in [1.807, 2.05) is 6.92 Å². The summed E-state index contributed by atoms with van der Waals surface area (Å²) in [6.07, 6.45) is 0. The van der Waals surface area contributed by atoms with Crippen LogP contribution in [0.4, 0.5) is 15.8 Å². The highest BCUT2D eigenvalue weighted by molar-refractivity contribution is 7.92. The zero-order chi connectivity index (χ0) is 15.5. The Kier molecular flexibility index (Phi) is 4.47. The number of rotatable bonds is 5. The van der Waals surface area contributed by atoms with E-state index in [0.29, 0.717) is 23.5 Å². The quantitative estimate of drug-likeness (QED) is 0.890. The third-order valence-corrected chi connectivity index (χ3v) is 4.40. The predicted molar refractivity (Wildman–Crippen MR) is 82.6 cm³/mol. The molecule has 0 fully saturated rings. The Morgan fingerprint density at radius 2 is 1.81 bits per heavy atom. The smallest absolute Gasteiger partial charge is 0.263 e. The number of anilines is 2. The molecular weight excluding hydrogens is 291 g/mol. The van der Waals surface area contributed by atoms with Gasteiger partial charge in [0.1, 0.15) is 10.7 Å². The highest BCUT2D eigenvalue weighted by Crippen LogP contribution is 2.25. The Balaban J connectivity index is 2.39. The molecule has 0 unspecified atom stereocenters. The Bertz CT molecular complexity index is 745. The second kappa shape index (κ2) is 6.13. The van der Waals surface area contributed by atoms with E-state index < -0.39 is 15.8 Å². The van der Waals surface area contributed by atoms with Crippen LogP contribution < -0.4 is 10.0 Å². The van der Waals surface area contributed by atoms with E-state index in [9.17, 15) is 12.8 Å². The van der Waals surface area contributed by atoms with Gasteiger partial charge in [0.05, 0.1) is 11.4 Å². The summed E-state index contributed by atoms with van der Waals surface area (Å²) in [5, 5.41) is 3.01. The number of hydrogen-bond acceptors (Lipinski definition) is 3. The van der Waals surface area contributed by atoms with Crippen molar-refractivity contribution in [2.45, 2.75) is 18.7 Å². The van der Waals surface area contributed by atoms with E-state index in [1.165, 1.54) is 24.3 Å². The van der Waals surface area contributed by atoms with E-state index in [4.69, 9.17) is 0 Å². The van der Waals surface area contributed by atoms with Crippen molar-refractivity contribution in [3.63, 3.8) is 0 Å². The summed E-state index contributed by atoms with van der Waals surface area (Å²) in [4.78, 5) is 0.163. The fourth-order valence-electron chi connectivity index (χ4n) is 1.98. The Morgan fingerprint density at radius 1 is 1.10 bits per heavy atom. The van der Waals surface area contributed by atoms with Crippen LogP contribution in [0.5, 0.6) is 0 Å². The summed E-state index contributed by atoms with van der Waals surface area (Å²) in [6, 6.07) is 10.6. The molecule has 2 aromatic rings. The molecule has 0 amide bonds. The molecule has 0 bridgehead atoms. The van der Waals surface area contributed by atoms with Crippen molar-refractivity contribution in [3.8, 4) is 0 Å². The number of benzene rings is 2. The maximum Gasteiger partial charge on any atom is 0.263 e. The van der Waals surface area contributed by atoms with E-state index in [-0.39, 0.29) is 4.90 Å². The van der Waals surface area contributed by atoms with Crippen molar-refractivity contribution in [1.29, 1.82) is 0 Å². The molecule has 21 heavy (non-hydrogen) atoms. The number of halogens is 1. The minimum absolute atomic E-state index is 0.163. The van der Waals surface area contributed by atoms with Crippen molar-refractivity contribution in [3.05, 3.63) is 53.8 Å². The molecule has 2 N–H and O–H groups in total. The molecule has 0 spiro atoms. The molecule has 2 aromatic carbocycles. The minimum atomic E-state index is -3.74. The molecule has 0 aliphatic carbocycles. The fraction of sp³-hybridized carbons (Fsp3) is 0.200. The van der Waals surface area contributed by atoms with E-state index in [0.717, 1.165) is 0 Å². The molecule has 2 rings (SSSR count). The molecule has 0 saturated carbocycles. The van der Waals surface area contributed by atoms with Crippen LogP contribution in [-0.2, 0) is 10.0 Å². The van der Waals surface area contributed by atoms with Crippen LogP contribution in [0.2, 0.25) is 0 Å². The average Bonchev–Trinajstić information content (AvgIpc) is 2.43. The molecule has 0 radical (unpaired) electrons. The monoisotopic (exact) mass is 308 g/mol. The number of sulfonamides is 1. The summed E-state index contributed by atoms with van der Waals surface area (Å²) in [7, 11) is -3.74. The summed E-state index contributed by atoms with van der Waals surface area (Å²) < 4.78 is 40.6. The lowest BCUT2D eigenvalue weighted by atomic mass is 10.2. The first-order chi connectivity index (χ1) is 9.94. The molecule has 0 heterocycles. The van der Waals surface area contributed by atoms with Gasteiger partial charge in [-0.1, -0.05) is 12.1 Å². The van der Waals surface area contributed by atoms with Crippen LogP contribution in [0.3, 0.4) is 0 Å². The van der Waals surface area contributed by atoms with Gasteiger partial charge in [0, 0.05) is 6.54 Å². The second-order valence-electron chi connectivity index (χ2n) is 4.59. The van der Waals surface area contributed by atoms with Gasteiger partial charge >= 0.3 is 0 Å². The zero-order valence-corrected chi connectivity index (χ0v) is 12.7. The van der Waals surface area contributed by atoms with Crippen molar-refractivity contribution >= 4 is 21.4 Å². The molecule has 0 aliphatic rings. The molecule has 0 aliphatic heterocycles. The van der Waals surface area contributed by atoms with Gasteiger partial charge < -0.3 is 5.32 Å². The first-order valence-corrected chi connectivity index (χ1v) is 8.04. The minimum Gasteiger partial charge on any atom is -0.384 e. The lowest BCUT2D eigenvalue weighted by Gasteiger charge is -2.14. The van der Waals surface area contributed by atoms with Crippen LogP contribution in [-0.4, -0.2) is 15.0 Å². The normalized spacial score (nSPS) is 11.2. The largest absolute Gasteiger partial charge is 0.384 e. The molecule has 112 valence electrons. The topological polar surface area (TPSA) is 58.2 Å². The number of para-hydroxylation sites is 1. The van der Waals surface area contributed by atoms with Crippen LogP contribution in [0, 0.1) is 12.7 Å². The average molecular weight is 308 g/mol. The van der Waals surface area contributed by atoms with Crippen molar-refractivity contribution in [2.75, 3.05) is 16.6 Å². The second-order valence-corrected chi connectivity index (χ2v) is 6.24. The van der Waals surface area contributed by atoms with Gasteiger partial charge in [0.25, 0.3) is 10.0 Å². The molecule has 0 aromatic heterocycles. The summed E-state index contributed by atoms with van der Waals surface area (Å²) in [5.41, 5.74) is 1.43. The molecule has 0 saturated heterocycles. The summed E-state index contributed by atoms with van der Waals surface area (Å²) in [6.45, 7) is 4.15. The Morgan fingerprint density at radius 3 is 2.48 bits per heavy atom. The Labute approximate surface area is 124 Å².